The minimum atomic E-state index is -4.45. The Kier molecular flexibility index (Phi) is 3.01. The van der Waals surface area contributed by atoms with Crippen LogP contribution in [-0.4, -0.2) is 15.0 Å². The Labute approximate surface area is 120 Å². The standard InChI is InChI=1S/C13H7BrF3N3/c14-7-1-2-8(9(5-7)13(15,16)17)12-19-10-3-4-18-6-11(10)20-12/h1-6H,(H,19,20). The molecule has 0 spiro atoms. The Bertz CT molecular complexity index is 747. The van der Waals surface area contributed by atoms with Crippen molar-refractivity contribution >= 4 is 27.0 Å². The highest BCUT2D eigenvalue weighted by atomic mass is 79.9. The van der Waals surface area contributed by atoms with E-state index >= 15 is 0 Å². The molecule has 1 aromatic carbocycles. The van der Waals surface area contributed by atoms with Crippen LogP contribution in [0.3, 0.4) is 0 Å². The summed E-state index contributed by atoms with van der Waals surface area (Å²) in [7, 11) is 0. The second-order valence-corrected chi connectivity index (χ2v) is 5.08. The third-order valence-electron chi connectivity index (χ3n) is 2.83. The number of hydrogen-bond donors (Lipinski definition) is 1. The van der Waals surface area contributed by atoms with Gasteiger partial charge in [0.05, 0.1) is 22.8 Å². The quantitative estimate of drug-likeness (QED) is 0.712. The van der Waals surface area contributed by atoms with Gasteiger partial charge in [0, 0.05) is 16.2 Å². The van der Waals surface area contributed by atoms with E-state index in [0.29, 0.717) is 15.5 Å². The molecule has 20 heavy (non-hydrogen) atoms. The first-order chi connectivity index (χ1) is 9.45. The summed E-state index contributed by atoms with van der Waals surface area (Å²) in [6.45, 7) is 0. The molecule has 0 amide bonds. The molecule has 1 N–H and O–H groups in total. The summed E-state index contributed by atoms with van der Waals surface area (Å²) in [4.78, 5) is 10.9. The van der Waals surface area contributed by atoms with Crippen LogP contribution in [0.1, 0.15) is 5.56 Å². The van der Waals surface area contributed by atoms with Crippen molar-refractivity contribution in [2.45, 2.75) is 6.18 Å². The van der Waals surface area contributed by atoms with E-state index in [1.807, 2.05) is 0 Å². The van der Waals surface area contributed by atoms with Crippen molar-refractivity contribution in [3.63, 3.8) is 0 Å². The van der Waals surface area contributed by atoms with E-state index < -0.39 is 11.7 Å². The molecule has 0 fully saturated rings. The highest BCUT2D eigenvalue weighted by Crippen LogP contribution is 2.38. The van der Waals surface area contributed by atoms with Crippen molar-refractivity contribution in [1.29, 1.82) is 0 Å². The molecule has 3 rings (SSSR count). The van der Waals surface area contributed by atoms with E-state index in [4.69, 9.17) is 0 Å². The minimum Gasteiger partial charge on any atom is -0.337 e. The number of rotatable bonds is 1. The Hall–Kier alpha value is -1.89. The lowest BCUT2D eigenvalue weighted by Crippen LogP contribution is -2.07. The minimum absolute atomic E-state index is 0.0110. The Morgan fingerprint density at radius 2 is 1.95 bits per heavy atom. The molecule has 0 aliphatic heterocycles. The fraction of sp³-hybridized carbons (Fsp3) is 0.0769. The lowest BCUT2D eigenvalue weighted by Gasteiger charge is -2.11. The number of imidazole rings is 1. The zero-order valence-electron chi connectivity index (χ0n) is 9.87. The van der Waals surface area contributed by atoms with Gasteiger partial charge in [-0.2, -0.15) is 13.2 Å². The zero-order chi connectivity index (χ0) is 14.3. The van der Waals surface area contributed by atoms with Crippen LogP contribution >= 0.6 is 15.9 Å². The fourth-order valence-corrected chi connectivity index (χ4v) is 2.30. The van der Waals surface area contributed by atoms with Crippen LogP contribution in [0, 0.1) is 0 Å². The zero-order valence-corrected chi connectivity index (χ0v) is 11.5. The second kappa shape index (κ2) is 4.59. The number of benzene rings is 1. The molecular weight excluding hydrogens is 335 g/mol. The van der Waals surface area contributed by atoms with Crippen LogP contribution in [0.4, 0.5) is 13.2 Å². The highest BCUT2D eigenvalue weighted by Gasteiger charge is 2.34. The average Bonchev–Trinajstić information content (AvgIpc) is 2.81. The molecule has 3 aromatic rings. The molecule has 0 saturated carbocycles. The monoisotopic (exact) mass is 341 g/mol. The molecule has 0 saturated heterocycles. The largest absolute Gasteiger partial charge is 0.417 e. The van der Waals surface area contributed by atoms with E-state index in [1.54, 1.807) is 18.3 Å². The predicted octanol–water partition coefficient (Wildman–Crippen LogP) is 4.41. The average molecular weight is 342 g/mol. The van der Waals surface area contributed by atoms with E-state index in [9.17, 15) is 13.2 Å². The number of H-pyrrole nitrogens is 1. The van der Waals surface area contributed by atoms with Crippen molar-refractivity contribution in [3.8, 4) is 11.4 Å². The van der Waals surface area contributed by atoms with Crippen LogP contribution < -0.4 is 0 Å². The summed E-state index contributed by atoms with van der Waals surface area (Å²) >= 11 is 3.06. The fourth-order valence-electron chi connectivity index (χ4n) is 1.94. The van der Waals surface area contributed by atoms with Crippen molar-refractivity contribution in [2.24, 2.45) is 0 Å². The van der Waals surface area contributed by atoms with Gasteiger partial charge in [0.15, 0.2) is 0 Å². The van der Waals surface area contributed by atoms with Crippen LogP contribution in [0.5, 0.6) is 0 Å². The number of halogens is 4. The molecule has 0 unspecified atom stereocenters. The first kappa shape index (κ1) is 13.1. The maximum absolute atomic E-state index is 13.1. The molecule has 0 radical (unpaired) electrons. The van der Waals surface area contributed by atoms with E-state index in [1.165, 1.54) is 12.3 Å². The number of nitrogens with one attached hydrogen (secondary N) is 1. The van der Waals surface area contributed by atoms with Gasteiger partial charge < -0.3 is 4.98 Å². The van der Waals surface area contributed by atoms with Gasteiger partial charge in [-0.05, 0) is 24.3 Å². The first-order valence-electron chi connectivity index (χ1n) is 5.62. The lowest BCUT2D eigenvalue weighted by molar-refractivity contribution is -0.137. The first-order valence-corrected chi connectivity index (χ1v) is 6.41. The molecule has 0 aliphatic carbocycles. The van der Waals surface area contributed by atoms with Gasteiger partial charge >= 0.3 is 6.18 Å². The highest BCUT2D eigenvalue weighted by molar-refractivity contribution is 9.10. The molecule has 0 atom stereocenters. The molecular formula is C13H7BrF3N3. The predicted molar refractivity (Wildman–Crippen MR) is 72.0 cm³/mol. The maximum atomic E-state index is 13.1. The third-order valence-corrected chi connectivity index (χ3v) is 3.32. The van der Waals surface area contributed by atoms with Crippen LogP contribution in [-0.2, 0) is 6.18 Å². The number of fused-ring (bicyclic) bond motifs is 1. The van der Waals surface area contributed by atoms with E-state index in [0.717, 1.165) is 6.07 Å². The van der Waals surface area contributed by atoms with Crippen molar-refractivity contribution in [2.75, 3.05) is 0 Å². The Morgan fingerprint density at radius 3 is 2.65 bits per heavy atom. The summed E-state index contributed by atoms with van der Waals surface area (Å²) in [5, 5.41) is 0. The van der Waals surface area contributed by atoms with Gasteiger partial charge in [-0.1, -0.05) is 15.9 Å². The van der Waals surface area contributed by atoms with Gasteiger partial charge in [-0.15, -0.1) is 0 Å². The van der Waals surface area contributed by atoms with Crippen LogP contribution in [0.15, 0.2) is 41.1 Å². The van der Waals surface area contributed by atoms with Gasteiger partial charge in [-0.3, -0.25) is 4.98 Å². The normalized spacial score (nSPS) is 12.0. The molecule has 3 nitrogen and oxygen atoms in total. The number of nitrogens with zero attached hydrogens (tertiary/aromatic N) is 2. The number of pyridine rings is 1. The SMILES string of the molecule is FC(F)(F)c1cc(Br)ccc1-c1nc2ccncc2[nH]1. The molecule has 0 aliphatic rings. The van der Waals surface area contributed by atoms with Gasteiger partial charge in [0.25, 0.3) is 0 Å². The second-order valence-electron chi connectivity index (χ2n) is 4.17. The van der Waals surface area contributed by atoms with Crippen molar-refractivity contribution < 1.29 is 13.2 Å². The topological polar surface area (TPSA) is 41.6 Å². The number of aromatic nitrogens is 3. The number of aromatic amines is 1. The van der Waals surface area contributed by atoms with Crippen molar-refractivity contribution in [1.82, 2.24) is 15.0 Å². The molecule has 102 valence electrons. The third kappa shape index (κ3) is 2.29. The van der Waals surface area contributed by atoms with E-state index in [-0.39, 0.29) is 11.4 Å². The smallest absolute Gasteiger partial charge is 0.337 e. The lowest BCUT2D eigenvalue weighted by atomic mass is 10.1. The number of alkyl halides is 3. The summed E-state index contributed by atoms with van der Waals surface area (Å²) < 4.78 is 39.7. The van der Waals surface area contributed by atoms with Crippen LogP contribution in [0.25, 0.3) is 22.4 Å². The van der Waals surface area contributed by atoms with Gasteiger partial charge in [0.2, 0.25) is 0 Å². The molecule has 2 aromatic heterocycles. The number of hydrogen-bond acceptors (Lipinski definition) is 2. The molecule has 2 heterocycles. The molecule has 0 bridgehead atoms. The Morgan fingerprint density at radius 1 is 1.15 bits per heavy atom. The summed E-state index contributed by atoms with van der Waals surface area (Å²) in [5.41, 5.74) is 0.445. The van der Waals surface area contributed by atoms with Crippen LogP contribution in [0.2, 0.25) is 0 Å². The molecule has 7 heteroatoms. The van der Waals surface area contributed by atoms with Gasteiger partial charge in [-0.25, -0.2) is 4.98 Å². The van der Waals surface area contributed by atoms with Crippen molar-refractivity contribution in [3.05, 3.63) is 46.7 Å². The van der Waals surface area contributed by atoms with E-state index in [2.05, 4.69) is 30.9 Å². The van der Waals surface area contributed by atoms with Gasteiger partial charge in [0.1, 0.15) is 5.82 Å². The maximum Gasteiger partial charge on any atom is 0.417 e. The Balaban J connectivity index is 2.23. The summed E-state index contributed by atoms with van der Waals surface area (Å²) in [6, 6.07) is 5.62. The summed E-state index contributed by atoms with van der Waals surface area (Å²) in [6.07, 6.45) is -1.38. The summed E-state index contributed by atoms with van der Waals surface area (Å²) in [5.74, 6) is 0.174.